The Bertz CT molecular complexity index is 737. The lowest BCUT2D eigenvalue weighted by molar-refractivity contribution is 0.0577. The van der Waals surface area contributed by atoms with Gasteiger partial charge in [0.25, 0.3) is 0 Å². The number of amides is 1. The van der Waals surface area contributed by atoms with Crippen LogP contribution >= 0.6 is 24.0 Å². The first-order valence-corrected chi connectivity index (χ1v) is 10.4. The van der Waals surface area contributed by atoms with Crippen LogP contribution in [0.4, 0.5) is 10.5 Å². The summed E-state index contributed by atoms with van der Waals surface area (Å²) in [5.74, 6) is 1.25. The van der Waals surface area contributed by atoms with E-state index in [1.807, 2.05) is 44.7 Å². The van der Waals surface area contributed by atoms with Gasteiger partial charge in [-0.2, -0.15) is 0 Å². The van der Waals surface area contributed by atoms with E-state index in [1.54, 1.807) is 0 Å². The Balaban J connectivity index is 0.00000300. The molecule has 0 heterocycles. The number of rotatable bonds is 6. The number of nitrogens with one attached hydrogen (secondary N) is 1. The van der Waals surface area contributed by atoms with Crippen molar-refractivity contribution in [2.24, 2.45) is 16.6 Å². The van der Waals surface area contributed by atoms with Gasteiger partial charge in [0.2, 0.25) is 0 Å². The quantitative estimate of drug-likeness (QED) is 0.327. The van der Waals surface area contributed by atoms with Crippen LogP contribution in [0.3, 0.4) is 0 Å². The number of carbonyl (C=O) groups excluding carboxylic acids is 1. The lowest BCUT2D eigenvalue weighted by atomic mass is 9.85. The average Bonchev–Trinajstić information content (AvgIpc) is 3.36. The molecule has 2 aliphatic rings. The topological polar surface area (TPSA) is 80.0 Å². The maximum Gasteiger partial charge on any atom is 0.415 e. The van der Waals surface area contributed by atoms with E-state index < -0.39 is 5.60 Å². The molecule has 0 atom stereocenters. The highest BCUT2D eigenvalue weighted by Crippen LogP contribution is 2.35. The van der Waals surface area contributed by atoms with Gasteiger partial charge in [0.05, 0.1) is 12.2 Å². The fourth-order valence-corrected chi connectivity index (χ4v) is 3.35. The second-order valence-electron chi connectivity index (χ2n) is 9.08. The summed E-state index contributed by atoms with van der Waals surface area (Å²) in [4.78, 5) is 19.0. The molecule has 3 rings (SSSR count). The van der Waals surface area contributed by atoms with Crippen molar-refractivity contribution in [2.75, 3.05) is 11.4 Å². The molecule has 0 spiro atoms. The first-order valence-electron chi connectivity index (χ1n) is 10.4. The van der Waals surface area contributed by atoms with Gasteiger partial charge in [0.1, 0.15) is 5.60 Å². The standard InChI is InChI=1S/C22H34N4O2.HI/c1-15-12-17(14-25-20(23)24-13-16-6-5-7-16)8-11-19(15)26(18-9-10-18)21(27)28-22(2,3)4;/h8,11-12,16,18H,5-7,9-10,13-14H2,1-4H3,(H3,23,24,25);1H. The molecule has 2 aliphatic carbocycles. The number of nitrogens with zero attached hydrogens (tertiary/aromatic N) is 2. The van der Waals surface area contributed by atoms with Crippen LogP contribution in [0.5, 0.6) is 0 Å². The third-order valence-corrected chi connectivity index (χ3v) is 5.25. The monoisotopic (exact) mass is 514 g/mol. The van der Waals surface area contributed by atoms with E-state index >= 15 is 0 Å². The molecule has 3 N–H and O–H groups in total. The van der Waals surface area contributed by atoms with Gasteiger partial charge >= 0.3 is 6.09 Å². The molecule has 29 heavy (non-hydrogen) atoms. The number of anilines is 1. The maximum atomic E-state index is 12.7. The highest BCUT2D eigenvalue weighted by atomic mass is 127. The van der Waals surface area contributed by atoms with Gasteiger partial charge in [0, 0.05) is 12.6 Å². The molecule has 2 fully saturated rings. The van der Waals surface area contributed by atoms with E-state index in [4.69, 9.17) is 10.5 Å². The van der Waals surface area contributed by atoms with Crippen LogP contribution in [0.25, 0.3) is 0 Å². The van der Waals surface area contributed by atoms with Gasteiger partial charge in [-0.15, -0.1) is 24.0 Å². The summed E-state index contributed by atoms with van der Waals surface area (Å²) in [6.07, 6.45) is 5.68. The second-order valence-corrected chi connectivity index (χ2v) is 9.08. The van der Waals surface area contributed by atoms with Gasteiger partial charge in [-0.05, 0) is 76.5 Å². The van der Waals surface area contributed by atoms with Crippen molar-refractivity contribution < 1.29 is 9.53 Å². The molecule has 162 valence electrons. The molecule has 0 aliphatic heterocycles. The van der Waals surface area contributed by atoms with E-state index in [0.717, 1.165) is 42.1 Å². The molecule has 2 saturated carbocycles. The van der Waals surface area contributed by atoms with Crippen LogP contribution < -0.4 is 16.0 Å². The van der Waals surface area contributed by atoms with Crippen LogP contribution in [-0.4, -0.2) is 30.2 Å². The first kappa shape index (κ1) is 23.8. The Hall–Kier alpha value is -1.51. The summed E-state index contributed by atoms with van der Waals surface area (Å²) in [7, 11) is 0. The number of carbonyl (C=O) groups is 1. The van der Waals surface area contributed by atoms with E-state index in [9.17, 15) is 4.79 Å². The van der Waals surface area contributed by atoms with Gasteiger partial charge in [0.15, 0.2) is 5.96 Å². The molecule has 6 nitrogen and oxygen atoms in total. The summed E-state index contributed by atoms with van der Waals surface area (Å²) in [5.41, 5.74) is 8.52. The normalized spacial score (nSPS) is 17.2. The zero-order valence-electron chi connectivity index (χ0n) is 18.0. The Morgan fingerprint density at radius 1 is 1.28 bits per heavy atom. The first-order chi connectivity index (χ1) is 13.2. The number of aryl methyl sites for hydroxylation is 1. The van der Waals surface area contributed by atoms with E-state index in [1.165, 1.54) is 19.3 Å². The highest BCUT2D eigenvalue weighted by Gasteiger charge is 2.37. The maximum absolute atomic E-state index is 12.7. The van der Waals surface area contributed by atoms with E-state index in [-0.39, 0.29) is 36.1 Å². The SMILES string of the molecule is Cc1cc(CN=C(N)NCC2CCC2)ccc1N(C(=O)OC(C)(C)C)C1CC1.I. The highest BCUT2D eigenvalue weighted by molar-refractivity contribution is 14.0. The van der Waals surface area contributed by atoms with Crippen molar-refractivity contribution in [3.8, 4) is 0 Å². The third kappa shape index (κ3) is 7.04. The Morgan fingerprint density at radius 3 is 2.48 bits per heavy atom. The van der Waals surface area contributed by atoms with Crippen LogP contribution in [0.15, 0.2) is 23.2 Å². The van der Waals surface area contributed by atoms with Crippen molar-refractivity contribution in [1.29, 1.82) is 0 Å². The number of hydrogen-bond acceptors (Lipinski definition) is 3. The smallest absolute Gasteiger partial charge is 0.415 e. The van der Waals surface area contributed by atoms with Crippen LogP contribution in [0.1, 0.15) is 64.0 Å². The summed E-state index contributed by atoms with van der Waals surface area (Å²) < 4.78 is 5.62. The molecule has 0 aromatic heterocycles. The van der Waals surface area contributed by atoms with Gasteiger partial charge in [-0.25, -0.2) is 9.79 Å². The van der Waals surface area contributed by atoms with Gasteiger partial charge < -0.3 is 15.8 Å². The predicted molar refractivity (Wildman–Crippen MR) is 129 cm³/mol. The largest absolute Gasteiger partial charge is 0.443 e. The van der Waals surface area contributed by atoms with Gasteiger partial charge in [-0.3, -0.25) is 4.90 Å². The molecular formula is C22H35IN4O2. The summed E-state index contributed by atoms with van der Waals surface area (Å²) in [6, 6.07) is 6.34. The number of ether oxygens (including phenoxy) is 1. The number of benzene rings is 1. The van der Waals surface area contributed by atoms with Crippen molar-refractivity contribution in [3.05, 3.63) is 29.3 Å². The minimum absolute atomic E-state index is 0. The lowest BCUT2D eigenvalue weighted by Crippen LogP contribution is -2.38. The zero-order chi connectivity index (χ0) is 20.3. The Morgan fingerprint density at radius 2 is 1.97 bits per heavy atom. The van der Waals surface area contributed by atoms with Crippen molar-refractivity contribution >= 4 is 41.7 Å². The minimum atomic E-state index is -0.503. The fourth-order valence-electron chi connectivity index (χ4n) is 3.35. The lowest BCUT2D eigenvalue weighted by Gasteiger charge is -2.28. The molecule has 1 aromatic rings. The summed E-state index contributed by atoms with van der Waals surface area (Å²) >= 11 is 0. The van der Waals surface area contributed by atoms with E-state index in [2.05, 4.69) is 16.4 Å². The predicted octanol–water partition coefficient (Wildman–Crippen LogP) is 4.72. The molecule has 1 amide bonds. The van der Waals surface area contributed by atoms with Gasteiger partial charge in [-0.1, -0.05) is 18.6 Å². The molecule has 7 heteroatoms. The summed E-state index contributed by atoms with van der Waals surface area (Å²) in [6.45, 7) is 9.16. The molecule has 0 unspecified atom stereocenters. The van der Waals surface area contributed by atoms with E-state index in [0.29, 0.717) is 12.5 Å². The van der Waals surface area contributed by atoms with Crippen molar-refractivity contribution in [1.82, 2.24) is 5.32 Å². The van der Waals surface area contributed by atoms with Crippen molar-refractivity contribution in [2.45, 2.75) is 78.0 Å². The molecule has 1 aromatic carbocycles. The number of guanidine groups is 1. The van der Waals surface area contributed by atoms with Crippen LogP contribution in [0, 0.1) is 12.8 Å². The van der Waals surface area contributed by atoms with Crippen LogP contribution in [-0.2, 0) is 11.3 Å². The zero-order valence-corrected chi connectivity index (χ0v) is 20.4. The van der Waals surface area contributed by atoms with Crippen molar-refractivity contribution in [3.63, 3.8) is 0 Å². The molecular weight excluding hydrogens is 479 g/mol. The summed E-state index contributed by atoms with van der Waals surface area (Å²) in [5, 5.41) is 3.22. The number of halogens is 1. The second kappa shape index (κ2) is 10.00. The minimum Gasteiger partial charge on any atom is -0.443 e. The number of hydrogen-bond donors (Lipinski definition) is 2. The van der Waals surface area contributed by atoms with Crippen LogP contribution in [0.2, 0.25) is 0 Å². The average molecular weight is 514 g/mol. The molecule has 0 radical (unpaired) electrons. The Labute approximate surface area is 191 Å². The third-order valence-electron chi connectivity index (χ3n) is 5.25. The molecule has 0 saturated heterocycles. The number of nitrogens with two attached hydrogens (primary N) is 1. The molecule has 0 bridgehead atoms. The Kier molecular flexibility index (Phi) is 8.19. The fraction of sp³-hybridized carbons (Fsp3) is 0.636. The number of aliphatic imine (C=N–C) groups is 1.